The van der Waals surface area contributed by atoms with Crippen LogP contribution in [0.4, 0.5) is 5.88 Å². The van der Waals surface area contributed by atoms with Crippen LogP contribution in [0.5, 0.6) is 0 Å². The van der Waals surface area contributed by atoms with Crippen molar-refractivity contribution in [3.63, 3.8) is 0 Å². The molecule has 0 bridgehead atoms. The maximum Gasteiger partial charge on any atom is 0.350 e. The Kier molecular flexibility index (Phi) is 5.73. The lowest BCUT2D eigenvalue weighted by molar-refractivity contribution is -0.134. The van der Waals surface area contributed by atoms with Gasteiger partial charge < -0.3 is 23.4 Å². The van der Waals surface area contributed by atoms with Crippen molar-refractivity contribution in [3.8, 4) is 17.7 Å². The second-order valence-corrected chi connectivity index (χ2v) is 8.06. The number of carbonyl (C=O) groups is 2. The first-order chi connectivity index (χ1) is 15.0. The van der Waals surface area contributed by atoms with E-state index in [9.17, 15) is 14.9 Å². The molecule has 11 heteroatoms. The highest BCUT2D eigenvalue weighted by Crippen LogP contribution is 2.29. The highest BCUT2D eigenvalue weighted by atomic mass is 32.1. The minimum Gasteiger partial charge on any atom is -0.459 e. The van der Waals surface area contributed by atoms with Crippen LogP contribution in [-0.4, -0.2) is 59.5 Å². The average Bonchev–Trinajstić information content (AvgIpc) is 3.51. The number of nitriles is 1. The lowest BCUT2D eigenvalue weighted by atomic mass is 10.3. The number of amides is 1. The maximum atomic E-state index is 12.5. The van der Waals surface area contributed by atoms with E-state index in [1.807, 2.05) is 17.9 Å². The lowest BCUT2D eigenvalue weighted by Crippen LogP contribution is -2.50. The molecule has 3 aromatic rings. The van der Waals surface area contributed by atoms with Gasteiger partial charge >= 0.3 is 5.97 Å². The van der Waals surface area contributed by atoms with E-state index in [0.29, 0.717) is 48.4 Å². The van der Waals surface area contributed by atoms with Crippen molar-refractivity contribution in [2.75, 3.05) is 37.7 Å². The van der Waals surface area contributed by atoms with E-state index in [4.69, 9.17) is 13.6 Å². The van der Waals surface area contributed by atoms with Crippen LogP contribution >= 0.6 is 11.3 Å². The largest absolute Gasteiger partial charge is 0.459 e. The van der Waals surface area contributed by atoms with E-state index in [-0.39, 0.29) is 24.1 Å². The summed E-state index contributed by atoms with van der Waals surface area (Å²) in [7, 11) is 0. The third kappa shape index (κ3) is 4.29. The molecule has 0 saturated carbocycles. The minimum absolute atomic E-state index is 0.162. The van der Waals surface area contributed by atoms with Crippen LogP contribution in [0.3, 0.4) is 0 Å². The van der Waals surface area contributed by atoms with E-state index < -0.39 is 5.97 Å². The molecule has 1 saturated heterocycles. The number of thiazole rings is 1. The third-order valence-electron chi connectivity index (χ3n) is 4.78. The number of aryl methyl sites for hydroxylation is 2. The summed E-state index contributed by atoms with van der Waals surface area (Å²) < 4.78 is 16.2. The number of carbonyl (C=O) groups excluding carboxylic acids is 2. The summed E-state index contributed by atoms with van der Waals surface area (Å²) in [5, 5.41) is 10.2. The molecule has 31 heavy (non-hydrogen) atoms. The molecule has 4 heterocycles. The molecule has 4 rings (SSSR count). The molecule has 0 aromatic carbocycles. The number of ether oxygens (including phenoxy) is 1. The van der Waals surface area contributed by atoms with Crippen molar-refractivity contribution >= 4 is 29.1 Å². The SMILES string of the molecule is Cc1nc(C)c(C(=O)OCC(=O)N2CCN(c3oc(-c4ccco4)nc3C#N)CC2)s1. The monoisotopic (exact) mass is 441 g/mol. The number of rotatable bonds is 5. The van der Waals surface area contributed by atoms with Crippen LogP contribution in [0.25, 0.3) is 11.7 Å². The number of piperazine rings is 1. The number of nitrogens with zero attached hydrogens (tertiary/aromatic N) is 5. The van der Waals surface area contributed by atoms with E-state index in [2.05, 4.69) is 9.97 Å². The summed E-state index contributed by atoms with van der Waals surface area (Å²) in [6.07, 6.45) is 1.50. The number of furan rings is 1. The van der Waals surface area contributed by atoms with Gasteiger partial charge in [0.05, 0.1) is 17.0 Å². The van der Waals surface area contributed by atoms with Gasteiger partial charge in [-0.1, -0.05) is 0 Å². The molecular weight excluding hydrogens is 422 g/mol. The van der Waals surface area contributed by atoms with Gasteiger partial charge in [0.1, 0.15) is 10.9 Å². The highest BCUT2D eigenvalue weighted by Gasteiger charge is 2.28. The van der Waals surface area contributed by atoms with Gasteiger partial charge in [0, 0.05) is 26.2 Å². The van der Waals surface area contributed by atoms with Crippen LogP contribution < -0.4 is 4.90 Å². The first-order valence-corrected chi connectivity index (χ1v) is 10.4. The van der Waals surface area contributed by atoms with Crippen molar-refractivity contribution < 1.29 is 23.2 Å². The molecule has 3 aromatic heterocycles. The Morgan fingerprint density at radius 3 is 2.65 bits per heavy atom. The molecule has 0 N–H and O–H groups in total. The number of oxazole rings is 1. The fraction of sp³-hybridized carbons (Fsp3) is 0.350. The van der Waals surface area contributed by atoms with Gasteiger partial charge in [-0.25, -0.2) is 9.78 Å². The predicted octanol–water partition coefficient (Wildman–Crippen LogP) is 2.39. The van der Waals surface area contributed by atoms with E-state index in [1.54, 1.807) is 24.0 Å². The Morgan fingerprint density at radius 1 is 1.26 bits per heavy atom. The third-order valence-corrected chi connectivity index (χ3v) is 5.84. The van der Waals surface area contributed by atoms with Gasteiger partial charge in [-0.15, -0.1) is 11.3 Å². The quantitative estimate of drug-likeness (QED) is 0.549. The van der Waals surface area contributed by atoms with Crippen molar-refractivity contribution in [2.45, 2.75) is 13.8 Å². The van der Waals surface area contributed by atoms with Crippen molar-refractivity contribution in [3.05, 3.63) is 39.7 Å². The lowest BCUT2D eigenvalue weighted by Gasteiger charge is -2.34. The van der Waals surface area contributed by atoms with Gasteiger partial charge in [-0.2, -0.15) is 10.2 Å². The van der Waals surface area contributed by atoms with Gasteiger partial charge in [0.25, 0.3) is 11.8 Å². The average molecular weight is 441 g/mol. The van der Waals surface area contributed by atoms with E-state index in [0.717, 1.165) is 5.01 Å². The summed E-state index contributed by atoms with van der Waals surface area (Å²) in [4.78, 5) is 36.9. The van der Waals surface area contributed by atoms with E-state index >= 15 is 0 Å². The van der Waals surface area contributed by atoms with E-state index in [1.165, 1.54) is 17.6 Å². The zero-order chi connectivity index (χ0) is 22.0. The number of aromatic nitrogens is 2. The molecule has 0 unspecified atom stereocenters. The summed E-state index contributed by atoms with van der Waals surface area (Å²) in [5.74, 6) is 0.200. The first-order valence-electron chi connectivity index (χ1n) is 9.55. The predicted molar refractivity (Wildman–Crippen MR) is 110 cm³/mol. The zero-order valence-corrected chi connectivity index (χ0v) is 17.8. The highest BCUT2D eigenvalue weighted by molar-refractivity contribution is 7.13. The van der Waals surface area contributed by atoms with Crippen LogP contribution in [0.1, 0.15) is 26.1 Å². The van der Waals surface area contributed by atoms with Crippen molar-refractivity contribution in [2.24, 2.45) is 0 Å². The molecule has 1 aliphatic heterocycles. The smallest absolute Gasteiger partial charge is 0.350 e. The van der Waals surface area contributed by atoms with Gasteiger partial charge in [-0.05, 0) is 26.0 Å². The molecule has 0 spiro atoms. The standard InChI is InChI=1S/C20H19N5O5S/c1-12-17(31-13(2)22-12)20(27)29-11-16(26)24-5-7-25(8-6-24)19-14(10-21)23-18(30-19)15-4-3-9-28-15/h3-4,9H,5-8,11H2,1-2H3. The molecular formula is C20H19N5O5S. The summed E-state index contributed by atoms with van der Waals surface area (Å²) in [5.41, 5.74) is 0.762. The second-order valence-electron chi connectivity index (χ2n) is 6.85. The number of anilines is 1. The molecule has 0 radical (unpaired) electrons. The van der Waals surface area contributed by atoms with Crippen molar-refractivity contribution in [1.82, 2.24) is 14.9 Å². The van der Waals surface area contributed by atoms with Crippen LogP contribution in [0.15, 0.2) is 27.2 Å². The van der Waals surface area contributed by atoms with Crippen LogP contribution in [0, 0.1) is 25.2 Å². The fourth-order valence-electron chi connectivity index (χ4n) is 3.27. The number of hydrogen-bond acceptors (Lipinski definition) is 10. The fourth-order valence-corrected chi connectivity index (χ4v) is 4.08. The van der Waals surface area contributed by atoms with Crippen molar-refractivity contribution in [1.29, 1.82) is 5.26 Å². The molecule has 1 aliphatic rings. The van der Waals surface area contributed by atoms with Gasteiger partial charge in [0.2, 0.25) is 11.6 Å². The molecule has 1 fully saturated rings. The molecule has 0 aliphatic carbocycles. The topological polar surface area (TPSA) is 126 Å². The first kappa shape index (κ1) is 20.6. The number of hydrogen-bond donors (Lipinski definition) is 0. The maximum absolute atomic E-state index is 12.5. The molecule has 0 atom stereocenters. The molecule has 160 valence electrons. The Bertz CT molecular complexity index is 1140. The Labute approximate surface area is 181 Å². The summed E-state index contributed by atoms with van der Waals surface area (Å²) in [6, 6.07) is 5.44. The van der Waals surface area contributed by atoms with Crippen LogP contribution in [-0.2, 0) is 9.53 Å². The zero-order valence-electron chi connectivity index (χ0n) is 17.0. The summed E-state index contributed by atoms with van der Waals surface area (Å²) in [6.45, 7) is 4.92. The van der Waals surface area contributed by atoms with Crippen LogP contribution in [0.2, 0.25) is 0 Å². The Hall–Kier alpha value is -3.65. The Morgan fingerprint density at radius 2 is 2.03 bits per heavy atom. The van der Waals surface area contributed by atoms with Gasteiger partial charge in [-0.3, -0.25) is 4.79 Å². The van der Waals surface area contributed by atoms with Gasteiger partial charge in [0.15, 0.2) is 12.4 Å². The minimum atomic E-state index is -0.541. The molecule has 1 amide bonds. The Balaban J connectivity index is 1.33. The summed E-state index contributed by atoms with van der Waals surface area (Å²) >= 11 is 1.25. The normalized spacial score (nSPS) is 13.8. The molecule has 10 nitrogen and oxygen atoms in total. The second kappa shape index (κ2) is 8.61. The number of esters is 1.